The Bertz CT molecular complexity index is 540. The Morgan fingerprint density at radius 1 is 1.09 bits per heavy atom. The Balaban J connectivity index is 1.93. The largest absolute Gasteiger partial charge is 0.353 e. The number of anilines is 1. The van der Waals surface area contributed by atoms with Crippen molar-refractivity contribution in [2.24, 2.45) is 0 Å². The molecule has 0 bridgehead atoms. The summed E-state index contributed by atoms with van der Waals surface area (Å²) in [7, 11) is 0. The molecule has 2 amide bonds. The van der Waals surface area contributed by atoms with Crippen LogP contribution in [0.4, 0.5) is 5.69 Å². The highest BCUT2D eigenvalue weighted by atomic mass is 16.2. The Hall–Kier alpha value is -1.84. The Morgan fingerprint density at radius 3 is 2.36 bits per heavy atom. The second kappa shape index (κ2) is 6.95. The van der Waals surface area contributed by atoms with Gasteiger partial charge >= 0.3 is 0 Å². The zero-order valence-corrected chi connectivity index (χ0v) is 13.7. The Labute approximate surface area is 132 Å². The number of hydrogen-bond acceptors (Lipinski definition) is 2. The van der Waals surface area contributed by atoms with Crippen molar-refractivity contribution >= 4 is 17.5 Å². The van der Waals surface area contributed by atoms with Crippen LogP contribution >= 0.6 is 0 Å². The van der Waals surface area contributed by atoms with Crippen molar-refractivity contribution < 1.29 is 9.59 Å². The predicted octanol–water partition coefficient (Wildman–Crippen LogP) is 3.37. The van der Waals surface area contributed by atoms with Crippen LogP contribution < -0.4 is 10.6 Å². The molecule has 0 unspecified atom stereocenters. The van der Waals surface area contributed by atoms with Crippen LogP contribution in [0.2, 0.25) is 0 Å². The van der Waals surface area contributed by atoms with E-state index in [-0.39, 0.29) is 29.7 Å². The molecule has 1 aliphatic rings. The molecule has 4 heteroatoms. The van der Waals surface area contributed by atoms with Gasteiger partial charge in [-0.2, -0.15) is 0 Å². The zero-order chi connectivity index (χ0) is 16.2. The molecule has 0 spiro atoms. The molecule has 1 fully saturated rings. The molecule has 4 nitrogen and oxygen atoms in total. The maximum absolute atomic E-state index is 12.1. The lowest BCUT2D eigenvalue weighted by Gasteiger charge is -2.23. The van der Waals surface area contributed by atoms with Gasteiger partial charge in [-0.15, -0.1) is 0 Å². The highest BCUT2D eigenvalue weighted by molar-refractivity contribution is 6.04. The number of nitrogens with one attached hydrogen (secondary N) is 2. The minimum absolute atomic E-state index is 0.0595. The lowest BCUT2D eigenvalue weighted by atomic mass is 9.86. The fraction of sp³-hybridized carbons (Fsp3) is 0.556. The molecule has 0 heterocycles. The highest BCUT2D eigenvalue weighted by Gasteiger charge is 2.21. The fourth-order valence-corrected chi connectivity index (χ4v) is 2.94. The van der Waals surface area contributed by atoms with Gasteiger partial charge in [-0.1, -0.05) is 51.8 Å². The SMILES string of the molecule is CC(C)(C)c1ccccc1NC(=O)CC(=O)NC1CCCC1. The molecule has 1 saturated carbocycles. The zero-order valence-electron chi connectivity index (χ0n) is 13.7. The van der Waals surface area contributed by atoms with E-state index in [0.717, 1.165) is 36.9 Å². The van der Waals surface area contributed by atoms with Gasteiger partial charge in [0.1, 0.15) is 6.42 Å². The van der Waals surface area contributed by atoms with E-state index in [1.807, 2.05) is 24.3 Å². The molecule has 0 aromatic heterocycles. The number of benzene rings is 1. The standard InChI is InChI=1S/C18H26N2O2/c1-18(2,3)14-10-6-7-11-15(14)20-17(22)12-16(21)19-13-8-4-5-9-13/h6-7,10-11,13H,4-5,8-9,12H2,1-3H3,(H,19,21)(H,20,22). The first-order valence-electron chi connectivity index (χ1n) is 8.05. The van der Waals surface area contributed by atoms with Gasteiger partial charge in [-0.3, -0.25) is 9.59 Å². The quantitative estimate of drug-likeness (QED) is 0.838. The summed E-state index contributed by atoms with van der Waals surface area (Å²) in [6.45, 7) is 6.31. The summed E-state index contributed by atoms with van der Waals surface area (Å²) in [4.78, 5) is 24.0. The lowest BCUT2D eigenvalue weighted by Crippen LogP contribution is -2.35. The molecule has 0 atom stereocenters. The summed E-state index contributed by atoms with van der Waals surface area (Å²) in [6, 6.07) is 8.00. The van der Waals surface area contributed by atoms with Crippen molar-refractivity contribution in [2.75, 3.05) is 5.32 Å². The van der Waals surface area contributed by atoms with Crippen molar-refractivity contribution in [1.29, 1.82) is 0 Å². The summed E-state index contributed by atoms with van der Waals surface area (Å²) in [5.74, 6) is -0.440. The highest BCUT2D eigenvalue weighted by Crippen LogP contribution is 2.29. The van der Waals surface area contributed by atoms with Gasteiger partial charge in [0.2, 0.25) is 11.8 Å². The molecule has 120 valence electrons. The topological polar surface area (TPSA) is 58.2 Å². The van der Waals surface area contributed by atoms with Crippen LogP contribution in [0, 0.1) is 0 Å². The normalized spacial score (nSPS) is 15.6. The molecule has 0 aliphatic heterocycles. The molecule has 22 heavy (non-hydrogen) atoms. The van der Waals surface area contributed by atoms with E-state index in [1.165, 1.54) is 0 Å². The number of amides is 2. The first-order valence-corrected chi connectivity index (χ1v) is 8.05. The first-order chi connectivity index (χ1) is 10.4. The predicted molar refractivity (Wildman–Crippen MR) is 88.8 cm³/mol. The number of carbonyl (C=O) groups is 2. The molecule has 0 radical (unpaired) electrons. The van der Waals surface area contributed by atoms with Gasteiger partial charge in [-0.05, 0) is 29.9 Å². The number of para-hydroxylation sites is 1. The van der Waals surface area contributed by atoms with Gasteiger partial charge in [0.05, 0.1) is 0 Å². The van der Waals surface area contributed by atoms with Crippen molar-refractivity contribution in [3.05, 3.63) is 29.8 Å². The smallest absolute Gasteiger partial charge is 0.233 e. The fourth-order valence-electron chi connectivity index (χ4n) is 2.94. The molecule has 1 aliphatic carbocycles. The summed E-state index contributed by atoms with van der Waals surface area (Å²) in [5, 5.41) is 5.81. The maximum atomic E-state index is 12.1. The average Bonchev–Trinajstić information content (AvgIpc) is 2.90. The second-order valence-corrected chi connectivity index (χ2v) is 7.07. The van der Waals surface area contributed by atoms with Crippen LogP contribution in [-0.2, 0) is 15.0 Å². The average molecular weight is 302 g/mol. The van der Waals surface area contributed by atoms with Gasteiger partial charge in [0, 0.05) is 11.7 Å². The number of hydrogen-bond donors (Lipinski definition) is 2. The van der Waals surface area contributed by atoms with Crippen LogP contribution in [0.5, 0.6) is 0 Å². The van der Waals surface area contributed by atoms with Crippen LogP contribution in [0.25, 0.3) is 0 Å². The van der Waals surface area contributed by atoms with Gasteiger partial charge in [-0.25, -0.2) is 0 Å². The number of carbonyl (C=O) groups excluding carboxylic acids is 2. The van der Waals surface area contributed by atoms with E-state index < -0.39 is 0 Å². The molecule has 2 rings (SSSR count). The van der Waals surface area contributed by atoms with Crippen molar-refractivity contribution in [1.82, 2.24) is 5.32 Å². The summed E-state index contributed by atoms with van der Waals surface area (Å²) in [6.07, 6.45) is 4.27. The van der Waals surface area contributed by atoms with Crippen molar-refractivity contribution in [3.8, 4) is 0 Å². The monoisotopic (exact) mass is 302 g/mol. The molecule has 0 saturated heterocycles. The van der Waals surface area contributed by atoms with E-state index in [9.17, 15) is 9.59 Å². The van der Waals surface area contributed by atoms with E-state index in [4.69, 9.17) is 0 Å². The summed E-state index contributed by atoms with van der Waals surface area (Å²) in [5.41, 5.74) is 1.80. The van der Waals surface area contributed by atoms with E-state index >= 15 is 0 Å². The Kier molecular flexibility index (Phi) is 5.22. The summed E-state index contributed by atoms with van der Waals surface area (Å²) >= 11 is 0. The third kappa shape index (κ3) is 4.58. The Morgan fingerprint density at radius 2 is 1.73 bits per heavy atom. The summed E-state index contributed by atoms with van der Waals surface area (Å²) < 4.78 is 0. The second-order valence-electron chi connectivity index (χ2n) is 7.07. The van der Waals surface area contributed by atoms with Crippen molar-refractivity contribution in [2.45, 2.75) is 64.3 Å². The maximum Gasteiger partial charge on any atom is 0.233 e. The first kappa shape index (κ1) is 16.5. The minimum atomic E-state index is -0.257. The third-order valence-electron chi connectivity index (χ3n) is 4.05. The van der Waals surface area contributed by atoms with Crippen LogP contribution in [0.3, 0.4) is 0 Å². The van der Waals surface area contributed by atoms with Gasteiger partial charge in [0.25, 0.3) is 0 Å². The van der Waals surface area contributed by atoms with Crippen LogP contribution in [-0.4, -0.2) is 17.9 Å². The van der Waals surface area contributed by atoms with E-state index in [0.29, 0.717) is 0 Å². The molecular weight excluding hydrogens is 276 g/mol. The molecule has 1 aromatic rings. The molecular formula is C18H26N2O2. The van der Waals surface area contributed by atoms with Crippen LogP contribution in [0.15, 0.2) is 24.3 Å². The minimum Gasteiger partial charge on any atom is -0.353 e. The van der Waals surface area contributed by atoms with Crippen LogP contribution in [0.1, 0.15) is 58.4 Å². The van der Waals surface area contributed by atoms with Crippen molar-refractivity contribution in [3.63, 3.8) is 0 Å². The van der Waals surface area contributed by atoms with Gasteiger partial charge in [0.15, 0.2) is 0 Å². The third-order valence-corrected chi connectivity index (χ3v) is 4.05. The lowest BCUT2D eigenvalue weighted by molar-refractivity contribution is -0.127. The molecule has 1 aromatic carbocycles. The molecule has 2 N–H and O–H groups in total. The van der Waals surface area contributed by atoms with Gasteiger partial charge < -0.3 is 10.6 Å². The van der Waals surface area contributed by atoms with E-state index in [1.54, 1.807) is 0 Å². The van der Waals surface area contributed by atoms with E-state index in [2.05, 4.69) is 31.4 Å². The number of rotatable bonds is 4.